The SMILES string of the molecule is Cc1c(C#N)c(NC(=O)CSc2nnc(N3CCCCC3)n2C2CC2)n(C2CCCCC2)c1C. The van der Waals surface area contributed by atoms with E-state index in [1.807, 2.05) is 6.92 Å². The second kappa shape index (κ2) is 10.0. The summed E-state index contributed by atoms with van der Waals surface area (Å²) in [7, 11) is 0. The molecule has 3 heterocycles. The molecular formula is C25H35N7OS. The zero-order chi connectivity index (χ0) is 23.7. The van der Waals surface area contributed by atoms with Crippen LogP contribution < -0.4 is 10.2 Å². The van der Waals surface area contributed by atoms with Crippen molar-refractivity contribution < 1.29 is 4.79 Å². The first-order valence-corrected chi connectivity index (χ1v) is 13.8. The van der Waals surface area contributed by atoms with E-state index in [9.17, 15) is 10.1 Å². The monoisotopic (exact) mass is 481 g/mol. The molecule has 8 nitrogen and oxygen atoms in total. The molecular weight excluding hydrogens is 446 g/mol. The lowest BCUT2D eigenvalue weighted by Gasteiger charge is -2.28. The number of amides is 1. The van der Waals surface area contributed by atoms with Crippen molar-refractivity contribution in [3.63, 3.8) is 0 Å². The lowest BCUT2D eigenvalue weighted by Crippen LogP contribution is -2.32. The zero-order valence-electron chi connectivity index (χ0n) is 20.3. The normalized spacial score (nSPS) is 19.3. The molecule has 9 heteroatoms. The third-order valence-electron chi connectivity index (χ3n) is 7.60. The van der Waals surface area contributed by atoms with Gasteiger partial charge in [0, 0.05) is 30.9 Å². The maximum Gasteiger partial charge on any atom is 0.235 e. The highest BCUT2D eigenvalue weighted by Gasteiger charge is 2.32. The van der Waals surface area contributed by atoms with Crippen molar-refractivity contribution in [3.05, 3.63) is 16.8 Å². The number of nitriles is 1. The van der Waals surface area contributed by atoms with Gasteiger partial charge >= 0.3 is 0 Å². The van der Waals surface area contributed by atoms with Crippen LogP contribution in [0.4, 0.5) is 11.8 Å². The maximum absolute atomic E-state index is 13.1. The van der Waals surface area contributed by atoms with Gasteiger partial charge in [-0.15, -0.1) is 10.2 Å². The van der Waals surface area contributed by atoms with E-state index < -0.39 is 0 Å². The predicted molar refractivity (Wildman–Crippen MR) is 134 cm³/mol. The van der Waals surface area contributed by atoms with Gasteiger partial charge in [0.15, 0.2) is 5.16 Å². The third-order valence-corrected chi connectivity index (χ3v) is 8.54. The molecule has 5 rings (SSSR count). The maximum atomic E-state index is 13.1. The fourth-order valence-corrected chi connectivity index (χ4v) is 6.31. The molecule has 1 N–H and O–H groups in total. The van der Waals surface area contributed by atoms with Gasteiger partial charge in [0.05, 0.1) is 11.3 Å². The number of aromatic nitrogens is 4. The molecule has 0 aromatic carbocycles. The Labute approximate surface area is 206 Å². The topological polar surface area (TPSA) is 91.8 Å². The molecule has 0 radical (unpaired) electrons. The largest absolute Gasteiger partial charge is 0.341 e. The minimum Gasteiger partial charge on any atom is -0.341 e. The molecule has 182 valence electrons. The molecule has 2 aliphatic carbocycles. The summed E-state index contributed by atoms with van der Waals surface area (Å²) < 4.78 is 4.47. The molecule has 2 aromatic heterocycles. The standard InChI is InChI=1S/C25H35N7OS/c1-17-18(2)31(19-9-5-3-6-10-19)23(21(17)15-26)27-22(33)16-34-25-29-28-24(32(25)20-11-12-20)30-13-7-4-8-14-30/h19-20H,3-14,16H2,1-2H3,(H,27,33). The molecule has 0 atom stereocenters. The summed E-state index contributed by atoms with van der Waals surface area (Å²) in [4.78, 5) is 15.4. The van der Waals surface area contributed by atoms with E-state index in [0.717, 1.165) is 61.1 Å². The molecule has 0 bridgehead atoms. The van der Waals surface area contributed by atoms with Crippen LogP contribution in [-0.4, -0.2) is 44.1 Å². The summed E-state index contributed by atoms with van der Waals surface area (Å²) >= 11 is 1.45. The van der Waals surface area contributed by atoms with E-state index in [-0.39, 0.29) is 11.7 Å². The average Bonchev–Trinajstić information content (AvgIpc) is 3.57. The Kier molecular flexibility index (Phi) is 6.87. The highest BCUT2D eigenvalue weighted by Crippen LogP contribution is 2.41. The molecule has 2 aromatic rings. The Morgan fingerprint density at radius 3 is 2.35 bits per heavy atom. The molecule has 3 aliphatic rings. The summed E-state index contributed by atoms with van der Waals surface area (Å²) in [6.45, 7) is 6.11. The fourth-order valence-electron chi connectivity index (χ4n) is 5.51. The number of hydrogen-bond acceptors (Lipinski definition) is 6. The highest BCUT2D eigenvalue weighted by atomic mass is 32.2. The Morgan fingerprint density at radius 2 is 1.68 bits per heavy atom. The minimum absolute atomic E-state index is 0.0964. The van der Waals surface area contributed by atoms with Gasteiger partial charge in [-0.05, 0) is 64.4 Å². The zero-order valence-corrected chi connectivity index (χ0v) is 21.2. The lowest BCUT2D eigenvalue weighted by atomic mass is 9.95. The van der Waals surface area contributed by atoms with Gasteiger partial charge in [0.1, 0.15) is 11.9 Å². The number of anilines is 2. The summed E-state index contributed by atoms with van der Waals surface area (Å²) in [5.41, 5.74) is 2.65. The van der Waals surface area contributed by atoms with E-state index in [2.05, 4.69) is 42.5 Å². The third kappa shape index (κ3) is 4.57. The van der Waals surface area contributed by atoms with Crippen LogP contribution in [-0.2, 0) is 4.79 Å². The van der Waals surface area contributed by atoms with E-state index in [0.29, 0.717) is 23.5 Å². The highest BCUT2D eigenvalue weighted by molar-refractivity contribution is 7.99. The van der Waals surface area contributed by atoms with Gasteiger partial charge in [-0.3, -0.25) is 9.36 Å². The fraction of sp³-hybridized carbons (Fsp3) is 0.680. The van der Waals surface area contributed by atoms with E-state index >= 15 is 0 Å². The molecule has 1 aliphatic heterocycles. The van der Waals surface area contributed by atoms with Gasteiger partial charge in [0.2, 0.25) is 11.9 Å². The van der Waals surface area contributed by atoms with Crippen molar-refractivity contribution >= 4 is 29.4 Å². The van der Waals surface area contributed by atoms with Crippen molar-refractivity contribution in [2.24, 2.45) is 0 Å². The van der Waals surface area contributed by atoms with Crippen LogP contribution in [0.15, 0.2) is 5.16 Å². The molecule has 1 amide bonds. The van der Waals surface area contributed by atoms with E-state index in [1.165, 1.54) is 50.3 Å². The molecule has 3 fully saturated rings. The molecule has 34 heavy (non-hydrogen) atoms. The number of carbonyl (C=O) groups is 1. The molecule has 0 unspecified atom stereocenters. The number of rotatable bonds is 7. The quantitative estimate of drug-likeness (QED) is 0.551. The van der Waals surface area contributed by atoms with Crippen molar-refractivity contribution in [1.82, 2.24) is 19.3 Å². The number of carbonyl (C=O) groups excluding carboxylic acids is 1. The summed E-state index contributed by atoms with van der Waals surface area (Å²) in [5, 5.41) is 22.8. The Morgan fingerprint density at radius 1 is 1.00 bits per heavy atom. The smallest absolute Gasteiger partial charge is 0.235 e. The van der Waals surface area contributed by atoms with Crippen LogP contribution in [0, 0.1) is 25.2 Å². The predicted octanol–water partition coefficient (Wildman–Crippen LogP) is 5.13. The van der Waals surface area contributed by atoms with Crippen LogP contribution in [0.3, 0.4) is 0 Å². The Balaban J connectivity index is 1.32. The lowest BCUT2D eigenvalue weighted by molar-refractivity contribution is -0.113. The second-order valence-electron chi connectivity index (χ2n) is 9.98. The van der Waals surface area contributed by atoms with Crippen LogP contribution in [0.25, 0.3) is 0 Å². The van der Waals surface area contributed by atoms with Crippen LogP contribution in [0.2, 0.25) is 0 Å². The van der Waals surface area contributed by atoms with Crippen LogP contribution in [0.5, 0.6) is 0 Å². The van der Waals surface area contributed by atoms with Crippen molar-refractivity contribution in [2.75, 3.05) is 29.1 Å². The van der Waals surface area contributed by atoms with Crippen LogP contribution >= 0.6 is 11.8 Å². The van der Waals surface area contributed by atoms with E-state index in [1.54, 1.807) is 0 Å². The number of piperidine rings is 1. The minimum atomic E-state index is -0.0964. The van der Waals surface area contributed by atoms with Crippen molar-refractivity contribution in [3.8, 4) is 6.07 Å². The number of nitrogens with zero attached hydrogens (tertiary/aromatic N) is 6. The first-order valence-electron chi connectivity index (χ1n) is 12.8. The van der Waals surface area contributed by atoms with Gasteiger partial charge in [-0.25, -0.2) is 0 Å². The summed E-state index contributed by atoms with van der Waals surface area (Å²) in [6.07, 6.45) is 11.8. The van der Waals surface area contributed by atoms with Gasteiger partial charge < -0.3 is 14.8 Å². The van der Waals surface area contributed by atoms with Gasteiger partial charge in [-0.1, -0.05) is 31.0 Å². The number of hydrogen-bond donors (Lipinski definition) is 1. The summed E-state index contributed by atoms with van der Waals surface area (Å²) in [6, 6.07) is 3.15. The van der Waals surface area contributed by atoms with Crippen LogP contribution in [0.1, 0.15) is 93.1 Å². The van der Waals surface area contributed by atoms with E-state index in [4.69, 9.17) is 0 Å². The molecule has 2 saturated carbocycles. The summed E-state index contributed by atoms with van der Waals surface area (Å²) in [5.74, 6) is 1.80. The Hall–Kier alpha value is -2.47. The Bertz CT molecular complexity index is 1080. The molecule has 0 spiro atoms. The van der Waals surface area contributed by atoms with Gasteiger partial charge in [0.25, 0.3) is 0 Å². The van der Waals surface area contributed by atoms with Crippen molar-refractivity contribution in [1.29, 1.82) is 5.26 Å². The first kappa shape index (κ1) is 23.3. The van der Waals surface area contributed by atoms with Gasteiger partial charge in [-0.2, -0.15) is 5.26 Å². The number of thioether (sulfide) groups is 1. The first-order chi connectivity index (χ1) is 16.6. The van der Waals surface area contributed by atoms with Crippen molar-refractivity contribution in [2.45, 2.75) is 95.3 Å². The average molecular weight is 482 g/mol. The molecule has 1 saturated heterocycles. The number of nitrogens with one attached hydrogen (secondary N) is 1. The second-order valence-corrected chi connectivity index (χ2v) is 10.9.